The van der Waals surface area contributed by atoms with Crippen LogP contribution >= 0.6 is 7.92 Å². The number of hydrogen-bond acceptors (Lipinski definition) is 0. The summed E-state index contributed by atoms with van der Waals surface area (Å²) >= 11 is 0. The third-order valence-electron chi connectivity index (χ3n) is 6.86. The van der Waals surface area contributed by atoms with E-state index in [-0.39, 0.29) is 0 Å². The zero-order valence-corrected chi connectivity index (χ0v) is 14.7. The van der Waals surface area contributed by atoms with Crippen molar-refractivity contribution in [2.45, 2.75) is 83.7 Å². The van der Waals surface area contributed by atoms with Crippen molar-refractivity contribution in [3.8, 4) is 0 Å². The number of hydrogen-bond donors (Lipinski definition) is 0. The molecule has 0 aromatic carbocycles. The molecule has 0 radical (unpaired) electrons. The molecular formula is C19H35P. The summed E-state index contributed by atoms with van der Waals surface area (Å²) in [4.78, 5) is 0. The molecule has 2 unspecified atom stereocenters. The molecule has 3 fully saturated rings. The molecule has 0 aromatic heterocycles. The van der Waals surface area contributed by atoms with Gasteiger partial charge in [-0.15, -0.1) is 7.92 Å². The van der Waals surface area contributed by atoms with E-state index in [9.17, 15) is 0 Å². The van der Waals surface area contributed by atoms with Crippen molar-refractivity contribution in [3.63, 3.8) is 0 Å². The summed E-state index contributed by atoms with van der Waals surface area (Å²) in [6.45, 7) is 5.08. The van der Waals surface area contributed by atoms with Crippen LogP contribution in [0, 0.1) is 23.7 Å². The highest BCUT2D eigenvalue weighted by atomic mass is 31.1. The Bertz CT molecular complexity index is 272. The lowest BCUT2D eigenvalue weighted by Gasteiger charge is -2.32. The average Bonchev–Trinajstić information content (AvgIpc) is 3.14. The van der Waals surface area contributed by atoms with Crippen molar-refractivity contribution in [3.05, 3.63) is 0 Å². The van der Waals surface area contributed by atoms with Gasteiger partial charge in [0.15, 0.2) is 0 Å². The smallest absolute Gasteiger partial charge is 0.0209 e. The summed E-state index contributed by atoms with van der Waals surface area (Å²) in [5.74, 6) is 4.31. The van der Waals surface area contributed by atoms with E-state index in [1.165, 1.54) is 31.3 Å². The van der Waals surface area contributed by atoms with Crippen LogP contribution in [0.4, 0.5) is 0 Å². The maximum absolute atomic E-state index is 2.54. The van der Waals surface area contributed by atoms with E-state index in [2.05, 4.69) is 13.8 Å². The Balaban J connectivity index is 1.60. The first kappa shape index (κ1) is 15.3. The molecule has 3 aliphatic carbocycles. The van der Waals surface area contributed by atoms with Crippen LogP contribution < -0.4 is 0 Å². The second-order valence-corrected chi connectivity index (χ2v) is 10.9. The van der Waals surface area contributed by atoms with Crippen LogP contribution in [0.15, 0.2) is 0 Å². The lowest BCUT2D eigenvalue weighted by atomic mass is 10.0. The zero-order chi connectivity index (χ0) is 13.9. The predicted molar refractivity (Wildman–Crippen MR) is 91.9 cm³/mol. The lowest BCUT2D eigenvalue weighted by molar-refractivity contribution is 0.448. The Kier molecular flexibility index (Phi) is 5.46. The van der Waals surface area contributed by atoms with Crippen LogP contribution in [-0.4, -0.2) is 18.0 Å². The van der Waals surface area contributed by atoms with Crippen molar-refractivity contribution in [2.24, 2.45) is 23.7 Å². The van der Waals surface area contributed by atoms with E-state index in [1.807, 2.05) is 0 Å². The van der Waals surface area contributed by atoms with Crippen LogP contribution in [0.1, 0.15) is 78.1 Å². The average molecular weight is 294 g/mol. The monoisotopic (exact) mass is 294 g/mol. The summed E-state index contributed by atoms with van der Waals surface area (Å²) in [6.07, 6.45) is 18.8. The molecule has 0 bridgehead atoms. The van der Waals surface area contributed by atoms with Crippen molar-refractivity contribution in [2.75, 3.05) is 12.3 Å². The summed E-state index contributed by atoms with van der Waals surface area (Å²) in [5, 5.41) is 0. The summed E-state index contributed by atoms with van der Waals surface area (Å²) in [5.41, 5.74) is 1.17. The van der Waals surface area contributed by atoms with Crippen LogP contribution in [-0.2, 0) is 0 Å². The van der Waals surface area contributed by atoms with E-state index in [0.29, 0.717) is 7.92 Å². The molecule has 1 heteroatoms. The van der Waals surface area contributed by atoms with Crippen LogP contribution in [0.5, 0.6) is 0 Å². The Morgan fingerprint density at radius 3 is 1.55 bits per heavy atom. The molecule has 0 N–H and O–H groups in total. The molecule has 0 saturated heterocycles. The largest absolute Gasteiger partial charge is 0.103 e. The SMILES string of the molecule is CC1CCC[C@H]1CP(C[C@H]1CCC[C@H]1C)C1CCCC1. The van der Waals surface area contributed by atoms with Gasteiger partial charge in [-0.3, -0.25) is 0 Å². The fourth-order valence-electron chi connectivity index (χ4n) is 5.23. The number of rotatable bonds is 5. The summed E-state index contributed by atoms with van der Waals surface area (Å²) in [6, 6.07) is 0. The molecule has 116 valence electrons. The highest BCUT2D eigenvalue weighted by molar-refractivity contribution is 7.58. The van der Waals surface area contributed by atoms with Gasteiger partial charge in [0, 0.05) is 0 Å². The van der Waals surface area contributed by atoms with Gasteiger partial charge in [0.05, 0.1) is 0 Å². The normalized spacial score (nSPS) is 40.5. The molecule has 0 aromatic rings. The molecule has 3 aliphatic rings. The highest BCUT2D eigenvalue weighted by Crippen LogP contribution is 2.55. The predicted octanol–water partition coefficient (Wildman–Crippen LogP) is 6.28. The molecule has 5 atom stereocenters. The Morgan fingerprint density at radius 1 is 0.650 bits per heavy atom. The van der Waals surface area contributed by atoms with Gasteiger partial charge >= 0.3 is 0 Å². The van der Waals surface area contributed by atoms with Gasteiger partial charge in [-0.25, -0.2) is 0 Å². The van der Waals surface area contributed by atoms with Crippen molar-refractivity contribution in [1.82, 2.24) is 0 Å². The van der Waals surface area contributed by atoms with Gasteiger partial charge in [0.1, 0.15) is 0 Å². The molecule has 0 nitrogen and oxygen atoms in total. The first-order chi connectivity index (χ1) is 9.74. The topological polar surface area (TPSA) is 0 Å². The maximum atomic E-state index is 2.54. The van der Waals surface area contributed by atoms with E-state index in [1.54, 1.807) is 50.8 Å². The molecule has 3 saturated carbocycles. The molecule has 3 rings (SSSR count). The summed E-state index contributed by atoms with van der Waals surface area (Å²) < 4.78 is 0. The fraction of sp³-hybridized carbons (Fsp3) is 1.00. The van der Waals surface area contributed by atoms with Gasteiger partial charge in [-0.05, 0) is 67.3 Å². The molecule has 0 aliphatic heterocycles. The van der Waals surface area contributed by atoms with E-state index < -0.39 is 0 Å². The van der Waals surface area contributed by atoms with E-state index in [4.69, 9.17) is 0 Å². The van der Waals surface area contributed by atoms with Gasteiger partial charge in [-0.2, -0.15) is 0 Å². The minimum Gasteiger partial charge on any atom is -0.103 e. The standard InChI is InChI=1S/C19H35P/c1-15-7-5-9-17(15)13-20(19-11-3-4-12-19)14-18-10-6-8-16(18)2/h15-19H,3-14H2,1-2H3/t15-,16?,17-,18+,20?/m1/s1. The Hall–Kier alpha value is 0.430. The second kappa shape index (κ2) is 7.13. The van der Waals surface area contributed by atoms with Gasteiger partial charge < -0.3 is 0 Å². The molecule has 20 heavy (non-hydrogen) atoms. The lowest BCUT2D eigenvalue weighted by Crippen LogP contribution is -2.19. The van der Waals surface area contributed by atoms with Crippen molar-refractivity contribution < 1.29 is 0 Å². The van der Waals surface area contributed by atoms with Crippen LogP contribution in [0.3, 0.4) is 0 Å². The first-order valence-corrected chi connectivity index (χ1v) is 11.3. The van der Waals surface area contributed by atoms with Gasteiger partial charge in [0.2, 0.25) is 0 Å². The zero-order valence-electron chi connectivity index (χ0n) is 13.8. The van der Waals surface area contributed by atoms with Crippen molar-refractivity contribution in [1.29, 1.82) is 0 Å². The van der Waals surface area contributed by atoms with E-state index >= 15 is 0 Å². The quantitative estimate of drug-likeness (QED) is 0.523. The second-order valence-electron chi connectivity index (χ2n) is 8.23. The third kappa shape index (κ3) is 3.60. The van der Waals surface area contributed by atoms with E-state index in [0.717, 1.165) is 23.7 Å². The van der Waals surface area contributed by atoms with Crippen LogP contribution in [0.2, 0.25) is 0 Å². The van der Waals surface area contributed by atoms with Crippen LogP contribution in [0.25, 0.3) is 0 Å². The first-order valence-electron chi connectivity index (χ1n) is 9.48. The third-order valence-corrected chi connectivity index (χ3v) is 10.3. The molecular weight excluding hydrogens is 259 g/mol. The molecule has 0 heterocycles. The summed E-state index contributed by atoms with van der Waals surface area (Å²) in [7, 11) is 0.363. The van der Waals surface area contributed by atoms with Gasteiger partial charge in [0.25, 0.3) is 0 Å². The Morgan fingerprint density at radius 2 is 1.15 bits per heavy atom. The molecule has 0 amide bonds. The molecule has 0 spiro atoms. The fourth-order valence-corrected chi connectivity index (χ4v) is 9.36. The minimum absolute atomic E-state index is 0.363. The Labute approximate surface area is 128 Å². The maximum Gasteiger partial charge on any atom is -0.0209 e. The minimum atomic E-state index is 0.363. The van der Waals surface area contributed by atoms with Crippen molar-refractivity contribution >= 4 is 7.92 Å². The van der Waals surface area contributed by atoms with Gasteiger partial charge in [-0.1, -0.05) is 52.4 Å². The highest BCUT2D eigenvalue weighted by Gasteiger charge is 2.34.